The maximum absolute atomic E-state index is 5.58. The molecule has 0 amide bonds. The van der Waals surface area contributed by atoms with Crippen LogP contribution in [0.3, 0.4) is 0 Å². The summed E-state index contributed by atoms with van der Waals surface area (Å²) in [6.07, 6.45) is 1.32. The molecular weight excluding hydrogens is 136 g/mol. The van der Waals surface area contributed by atoms with E-state index >= 15 is 0 Å². The van der Waals surface area contributed by atoms with E-state index in [4.69, 9.17) is 16.3 Å². The molecule has 0 aromatic rings. The number of rotatable bonds is 3. The molecule has 3 atom stereocenters. The Labute approximate surface area is 61.3 Å². The Bertz CT molecular complexity index is 92.9. The van der Waals surface area contributed by atoms with Gasteiger partial charge >= 0.3 is 0 Å². The van der Waals surface area contributed by atoms with Crippen molar-refractivity contribution in [2.45, 2.75) is 25.8 Å². The van der Waals surface area contributed by atoms with Crippen molar-refractivity contribution in [3.8, 4) is 0 Å². The van der Waals surface area contributed by atoms with E-state index in [9.17, 15) is 0 Å². The molecule has 0 heterocycles. The number of hydrogen-bond acceptors (Lipinski definition) is 1. The van der Waals surface area contributed by atoms with E-state index < -0.39 is 0 Å². The summed E-state index contributed by atoms with van der Waals surface area (Å²) in [6, 6.07) is 0. The molecule has 1 fully saturated rings. The molecule has 2 heteroatoms. The molecule has 1 rings (SSSR count). The first-order valence-corrected chi connectivity index (χ1v) is 3.89. The van der Waals surface area contributed by atoms with Crippen molar-refractivity contribution in [3.05, 3.63) is 0 Å². The highest BCUT2D eigenvalue weighted by Gasteiger charge is 2.32. The summed E-state index contributed by atoms with van der Waals surface area (Å²) in [6.45, 7) is 4.95. The van der Waals surface area contributed by atoms with Crippen LogP contribution in [0.4, 0.5) is 0 Å². The lowest BCUT2D eigenvalue weighted by Crippen LogP contribution is -2.02. The lowest BCUT2D eigenvalue weighted by atomic mass is 10.4. The summed E-state index contributed by atoms with van der Waals surface area (Å²) in [4.78, 5) is 0. The van der Waals surface area contributed by atoms with Crippen molar-refractivity contribution in [3.63, 3.8) is 0 Å². The van der Waals surface area contributed by atoms with Gasteiger partial charge in [-0.05, 0) is 25.2 Å². The summed E-state index contributed by atoms with van der Waals surface area (Å²) in [5.74, 6) is 1.67. The van der Waals surface area contributed by atoms with Crippen molar-refractivity contribution in [2.75, 3.05) is 6.61 Å². The Morgan fingerprint density at radius 1 is 1.78 bits per heavy atom. The first-order chi connectivity index (χ1) is 4.20. The highest BCUT2D eigenvalue weighted by Crippen LogP contribution is 2.37. The molecule has 0 radical (unpaired) electrons. The van der Waals surface area contributed by atoms with E-state index in [0.29, 0.717) is 0 Å². The molecule has 0 aromatic carbocycles. The van der Waals surface area contributed by atoms with E-state index in [-0.39, 0.29) is 5.56 Å². The van der Waals surface area contributed by atoms with Gasteiger partial charge in [-0.1, -0.05) is 18.5 Å². The van der Waals surface area contributed by atoms with Crippen molar-refractivity contribution >= 4 is 11.6 Å². The van der Waals surface area contributed by atoms with Crippen molar-refractivity contribution in [1.29, 1.82) is 0 Å². The van der Waals surface area contributed by atoms with Crippen molar-refractivity contribution < 1.29 is 4.74 Å². The van der Waals surface area contributed by atoms with Crippen molar-refractivity contribution in [1.82, 2.24) is 0 Å². The molecule has 1 saturated carbocycles. The third-order valence-corrected chi connectivity index (χ3v) is 1.94. The lowest BCUT2D eigenvalue weighted by Gasteiger charge is -2.02. The van der Waals surface area contributed by atoms with E-state index in [1.165, 1.54) is 6.42 Å². The summed E-state index contributed by atoms with van der Waals surface area (Å²) in [5, 5.41) is 0. The Kier molecular flexibility index (Phi) is 2.36. The molecule has 3 unspecified atom stereocenters. The molecule has 9 heavy (non-hydrogen) atoms. The minimum Gasteiger partial charge on any atom is -0.362 e. The summed E-state index contributed by atoms with van der Waals surface area (Å²) in [7, 11) is 0. The zero-order chi connectivity index (χ0) is 6.85. The van der Waals surface area contributed by atoms with Crippen molar-refractivity contribution in [2.24, 2.45) is 11.8 Å². The van der Waals surface area contributed by atoms with E-state index in [2.05, 4.69) is 6.92 Å². The predicted molar refractivity (Wildman–Crippen MR) is 38.5 cm³/mol. The molecule has 0 aromatic heterocycles. The van der Waals surface area contributed by atoms with Crippen LogP contribution < -0.4 is 0 Å². The fourth-order valence-electron chi connectivity index (χ4n) is 0.887. The second-order valence-corrected chi connectivity index (χ2v) is 3.46. The Balaban J connectivity index is 1.94. The third kappa shape index (κ3) is 2.55. The molecule has 54 valence electrons. The van der Waals surface area contributed by atoms with Gasteiger partial charge in [0, 0.05) is 0 Å². The second-order valence-electron chi connectivity index (χ2n) is 2.85. The minimum absolute atomic E-state index is 0.113. The zero-order valence-electron chi connectivity index (χ0n) is 5.93. The van der Waals surface area contributed by atoms with Gasteiger partial charge in [0.1, 0.15) is 5.56 Å². The molecule has 1 nitrogen and oxygen atoms in total. The Morgan fingerprint density at radius 2 is 2.33 bits per heavy atom. The van der Waals surface area contributed by atoms with Gasteiger partial charge in [-0.3, -0.25) is 0 Å². The highest BCUT2D eigenvalue weighted by molar-refractivity contribution is 6.19. The van der Waals surface area contributed by atoms with Gasteiger partial charge in [-0.25, -0.2) is 0 Å². The third-order valence-electron chi connectivity index (χ3n) is 1.82. The van der Waals surface area contributed by atoms with Crippen LogP contribution in [-0.2, 0) is 4.74 Å². The summed E-state index contributed by atoms with van der Waals surface area (Å²) in [5.41, 5.74) is -0.113. The minimum atomic E-state index is -0.113. The fourth-order valence-corrected chi connectivity index (χ4v) is 0.960. The lowest BCUT2D eigenvalue weighted by molar-refractivity contribution is 0.107. The van der Waals surface area contributed by atoms with Crippen LogP contribution in [0.2, 0.25) is 0 Å². The van der Waals surface area contributed by atoms with Crippen LogP contribution in [0.15, 0.2) is 0 Å². The van der Waals surface area contributed by atoms with Crippen LogP contribution >= 0.6 is 11.6 Å². The van der Waals surface area contributed by atoms with Gasteiger partial charge in [0.05, 0.1) is 6.61 Å². The smallest absolute Gasteiger partial charge is 0.128 e. The largest absolute Gasteiger partial charge is 0.362 e. The SMILES string of the molecule is CC(Cl)OCC1CC1C. The number of ether oxygens (including phenoxy) is 1. The maximum Gasteiger partial charge on any atom is 0.128 e. The van der Waals surface area contributed by atoms with Gasteiger partial charge in [0.2, 0.25) is 0 Å². The topological polar surface area (TPSA) is 9.23 Å². The first kappa shape index (κ1) is 7.36. The average molecular weight is 149 g/mol. The molecule has 0 bridgehead atoms. The van der Waals surface area contributed by atoms with Crippen LogP contribution in [0.25, 0.3) is 0 Å². The summed E-state index contributed by atoms with van der Waals surface area (Å²) >= 11 is 5.58. The molecule has 0 saturated heterocycles. The van der Waals surface area contributed by atoms with E-state index in [1.807, 2.05) is 6.92 Å². The molecular formula is C7H13ClO. The zero-order valence-corrected chi connectivity index (χ0v) is 6.69. The standard InChI is InChI=1S/C7H13ClO/c1-5-3-7(5)4-9-6(2)8/h5-7H,3-4H2,1-2H3. The molecule has 0 aliphatic heterocycles. The van der Waals surface area contributed by atoms with Gasteiger partial charge in [-0.15, -0.1) is 0 Å². The average Bonchev–Trinajstić information content (AvgIpc) is 2.42. The highest BCUT2D eigenvalue weighted by atomic mass is 35.5. The Hall–Kier alpha value is 0.250. The number of hydrogen-bond donors (Lipinski definition) is 0. The maximum atomic E-state index is 5.58. The number of alkyl halides is 1. The predicted octanol–water partition coefficient (Wildman–Crippen LogP) is 2.24. The quantitative estimate of drug-likeness (QED) is 0.558. The fraction of sp³-hybridized carbons (Fsp3) is 1.00. The normalized spacial score (nSPS) is 36.3. The summed E-state index contributed by atoms with van der Waals surface area (Å²) < 4.78 is 5.20. The molecule has 1 aliphatic rings. The molecule has 1 aliphatic carbocycles. The van der Waals surface area contributed by atoms with Crippen LogP contribution in [0, 0.1) is 11.8 Å². The van der Waals surface area contributed by atoms with Gasteiger partial charge < -0.3 is 4.74 Å². The first-order valence-electron chi connectivity index (χ1n) is 3.46. The molecule has 0 spiro atoms. The number of halogens is 1. The van der Waals surface area contributed by atoms with Crippen LogP contribution in [0.1, 0.15) is 20.3 Å². The van der Waals surface area contributed by atoms with E-state index in [1.54, 1.807) is 0 Å². The van der Waals surface area contributed by atoms with Crippen LogP contribution in [-0.4, -0.2) is 12.2 Å². The van der Waals surface area contributed by atoms with E-state index in [0.717, 1.165) is 18.4 Å². The van der Waals surface area contributed by atoms with Gasteiger partial charge in [0.15, 0.2) is 0 Å². The Morgan fingerprint density at radius 3 is 2.67 bits per heavy atom. The monoisotopic (exact) mass is 148 g/mol. The van der Waals surface area contributed by atoms with Crippen LogP contribution in [0.5, 0.6) is 0 Å². The molecule has 0 N–H and O–H groups in total. The van der Waals surface area contributed by atoms with Gasteiger partial charge in [0.25, 0.3) is 0 Å². The van der Waals surface area contributed by atoms with Gasteiger partial charge in [-0.2, -0.15) is 0 Å². The second kappa shape index (κ2) is 2.89.